The van der Waals surface area contributed by atoms with Gasteiger partial charge in [-0.25, -0.2) is 0 Å². The molecule has 25 heavy (non-hydrogen) atoms. The summed E-state index contributed by atoms with van der Waals surface area (Å²) in [5.41, 5.74) is -1.88. The summed E-state index contributed by atoms with van der Waals surface area (Å²) in [5.74, 6) is -1.44. The number of hydrogen-bond acceptors (Lipinski definition) is 4. The first-order valence-electron chi connectivity index (χ1n) is 7.61. The molecule has 0 unspecified atom stereocenters. The molecule has 9 heteroatoms. The molecule has 0 atom stereocenters. The highest BCUT2D eigenvalue weighted by atomic mass is 19.4. The lowest BCUT2D eigenvalue weighted by atomic mass is 9.80. The summed E-state index contributed by atoms with van der Waals surface area (Å²) >= 11 is 0. The maximum absolute atomic E-state index is 12.5. The summed E-state index contributed by atoms with van der Waals surface area (Å²) in [6, 6.07) is 3.95. The van der Waals surface area contributed by atoms with E-state index in [-0.39, 0.29) is 12.3 Å². The van der Waals surface area contributed by atoms with E-state index in [9.17, 15) is 27.9 Å². The molecule has 2 rings (SSSR count). The van der Waals surface area contributed by atoms with Crippen molar-refractivity contribution in [3.8, 4) is 5.75 Å². The van der Waals surface area contributed by atoms with Gasteiger partial charge in [0.05, 0.1) is 11.0 Å². The molecule has 0 spiro atoms. The second-order valence-electron chi connectivity index (χ2n) is 5.79. The van der Waals surface area contributed by atoms with E-state index in [4.69, 9.17) is 9.47 Å². The van der Waals surface area contributed by atoms with E-state index in [1.165, 1.54) is 0 Å². The van der Waals surface area contributed by atoms with E-state index in [0.717, 1.165) is 24.3 Å². The first-order chi connectivity index (χ1) is 11.7. The lowest BCUT2D eigenvalue weighted by molar-refractivity contribution is -0.154. The smallest absolute Gasteiger partial charge is 0.416 e. The van der Waals surface area contributed by atoms with Gasteiger partial charge in [-0.2, -0.15) is 13.2 Å². The van der Waals surface area contributed by atoms with E-state index < -0.39 is 35.6 Å². The average molecular weight is 361 g/mol. The summed E-state index contributed by atoms with van der Waals surface area (Å²) in [5, 5.41) is 11.9. The lowest BCUT2D eigenvalue weighted by Gasteiger charge is -2.33. The number of carboxylic acid groups (broad SMARTS) is 1. The Kier molecular flexibility index (Phi) is 5.89. The van der Waals surface area contributed by atoms with Crippen molar-refractivity contribution in [1.29, 1.82) is 0 Å². The van der Waals surface area contributed by atoms with Crippen molar-refractivity contribution < 1.29 is 37.3 Å². The van der Waals surface area contributed by atoms with Gasteiger partial charge in [0, 0.05) is 19.8 Å². The fourth-order valence-corrected chi connectivity index (χ4v) is 2.44. The quantitative estimate of drug-likeness (QED) is 0.810. The molecule has 0 aromatic heterocycles. The van der Waals surface area contributed by atoms with Gasteiger partial charge in [0.1, 0.15) is 5.75 Å². The first-order valence-corrected chi connectivity index (χ1v) is 7.61. The Morgan fingerprint density at radius 1 is 1.20 bits per heavy atom. The SMILES string of the molecule is O=C(COc1ccc(C(F)(F)F)cc1)NCC1(C(=O)O)CCOCC1. The van der Waals surface area contributed by atoms with Crippen LogP contribution in [0.1, 0.15) is 18.4 Å². The van der Waals surface area contributed by atoms with Crippen molar-refractivity contribution in [1.82, 2.24) is 5.32 Å². The lowest BCUT2D eigenvalue weighted by Crippen LogP contribution is -2.47. The highest BCUT2D eigenvalue weighted by Gasteiger charge is 2.40. The zero-order valence-corrected chi connectivity index (χ0v) is 13.3. The Balaban J connectivity index is 1.83. The molecular weight excluding hydrogens is 343 g/mol. The van der Waals surface area contributed by atoms with E-state index in [2.05, 4.69) is 5.32 Å². The summed E-state index contributed by atoms with van der Waals surface area (Å²) in [6.45, 7) is 0.146. The summed E-state index contributed by atoms with van der Waals surface area (Å²) < 4.78 is 47.6. The van der Waals surface area contributed by atoms with Gasteiger partial charge >= 0.3 is 12.1 Å². The zero-order chi connectivity index (χ0) is 18.5. The Bertz CT molecular complexity index is 609. The van der Waals surface area contributed by atoms with Crippen LogP contribution in [0.25, 0.3) is 0 Å². The van der Waals surface area contributed by atoms with Gasteiger partial charge in [0.15, 0.2) is 6.61 Å². The molecule has 1 aromatic carbocycles. The summed E-state index contributed by atoms with van der Waals surface area (Å²) in [4.78, 5) is 23.3. The molecule has 1 aliphatic heterocycles. The third-order valence-electron chi connectivity index (χ3n) is 4.08. The number of benzene rings is 1. The van der Waals surface area contributed by atoms with E-state index in [1.807, 2.05) is 0 Å². The van der Waals surface area contributed by atoms with Crippen LogP contribution in [0.4, 0.5) is 13.2 Å². The molecule has 0 aliphatic carbocycles. The normalized spacial score (nSPS) is 16.9. The van der Waals surface area contributed by atoms with Crippen LogP contribution < -0.4 is 10.1 Å². The van der Waals surface area contributed by atoms with Crippen LogP contribution in [0.3, 0.4) is 0 Å². The fraction of sp³-hybridized carbons (Fsp3) is 0.500. The zero-order valence-electron chi connectivity index (χ0n) is 13.3. The van der Waals surface area contributed by atoms with Crippen molar-refractivity contribution >= 4 is 11.9 Å². The van der Waals surface area contributed by atoms with Gasteiger partial charge < -0.3 is 19.9 Å². The second kappa shape index (κ2) is 7.73. The third-order valence-corrected chi connectivity index (χ3v) is 4.08. The molecule has 1 heterocycles. The Morgan fingerprint density at radius 2 is 1.80 bits per heavy atom. The van der Waals surface area contributed by atoms with Crippen LogP contribution >= 0.6 is 0 Å². The molecule has 0 radical (unpaired) electrons. The van der Waals surface area contributed by atoms with Crippen molar-refractivity contribution in [3.63, 3.8) is 0 Å². The highest BCUT2D eigenvalue weighted by Crippen LogP contribution is 2.31. The minimum atomic E-state index is -4.44. The molecule has 6 nitrogen and oxygen atoms in total. The van der Waals surface area contributed by atoms with Crippen LogP contribution in [-0.4, -0.2) is 43.3 Å². The topological polar surface area (TPSA) is 84.9 Å². The Labute approximate surface area is 141 Å². The van der Waals surface area contributed by atoms with Crippen LogP contribution in [0.5, 0.6) is 5.75 Å². The maximum atomic E-state index is 12.5. The standard InChI is InChI=1S/C16H18F3NO5/c17-16(18,19)11-1-3-12(4-2-11)25-9-13(21)20-10-15(14(22)23)5-7-24-8-6-15/h1-4H,5-10H2,(H,20,21)(H,22,23). The monoisotopic (exact) mass is 361 g/mol. The first kappa shape index (κ1) is 19.0. The molecule has 1 aromatic rings. The van der Waals surface area contributed by atoms with Crippen molar-refractivity contribution in [3.05, 3.63) is 29.8 Å². The average Bonchev–Trinajstić information content (AvgIpc) is 2.58. The number of halogens is 3. The van der Waals surface area contributed by atoms with E-state index in [0.29, 0.717) is 26.1 Å². The van der Waals surface area contributed by atoms with Gasteiger partial charge in [-0.1, -0.05) is 0 Å². The van der Waals surface area contributed by atoms with Crippen LogP contribution in [0.2, 0.25) is 0 Å². The van der Waals surface area contributed by atoms with Crippen LogP contribution in [0.15, 0.2) is 24.3 Å². The highest BCUT2D eigenvalue weighted by molar-refractivity contribution is 5.80. The maximum Gasteiger partial charge on any atom is 0.416 e. The fourth-order valence-electron chi connectivity index (χ4n) is 2.44. The van der Waals surface area contributed by atoms with Crippen molar-refractivity contribution in [2.24, 2.45) is 5.41 Å². The number of carbonyl (C=O) groups excluding carboxylic acids is 1. The number of carboxylic acids is 1. The molecule has 0 saturated carbocycles. The Hall–Kier alpha value is -2.29. The molecule has 2 N–H and O–H groups in total. The van der Waals surface area contributed by atoms with E-state index in [1.54, 1.807) is 0 Å². The molecule has 1 fully saturated rings. The second-order valence-corrected chi connectivity index (χ2v) is 5.79. The van der Waals surface area contributed by atoms with Gasteiger partial charge in [-0.15, -0.1) is 0 Å². The molecular formula is C16H18F3NO5. The minimum Gasteiger partial charge on any atom is -0.484 e. The van der Waals surface area contributed by atoms with Crippen molar-refractivity contribution in [2.75, 3.05) is 26.4 Å². The molecule has 1 saturated heterocycles. The number of alkyl halides is 3. The summed E-state index contributed by atoms with van der Waals surface area (Å²) in [6.07, 6.45) is -3.85. The molecule has 138 valence electrons. The number of nitrogens with one attached hydrogen (secondary N) is 1. The van der Waals surface area contributed by atoms with Crippen LogP contribution in [-0.2, 0) is 20.5 Å². The Morgan fingerprint density at radius 3 is 2.32 bits per heavy atom. The van der Waals surface area contributed by atoms with E-state index >= 15 is 0 Å². The summed E-state index contributed by atoms with van der Waals surface area (Å²) in [7, 11) is 0. The number of aliphatic carboxylic acids is 1. The van der Waals surface area contributed by atoms with Gasteiger partial charge in [-0.05, 0) is 37.1 Å². The van der Waals surface area contributed by atoms with Crippen LogP contribution in [0, 0.1) is 5.41 Å². The third kappa shape index (κ3) is 5.09. The van der Waals surface area contributed by atoms with Gasteiger partial charge in [-0.3, -0.25) is 9.59 Å². The van der Waals surface area contributed by atoms with Gasteiger partial charge in [0.2, 0.25) is 0 Å². The van der Waals surface area contributed by atoms with Crippen molar-refractivity contribution in [2.45, 2.75) is 19.0 Å². The molecule has 0 bridgehead atoms. The molecule has 1 aliphatic rings. The number of rotatable bonds is 6. The largest absolute Gasteiger partial charge is 0.484 e. The number of carbonyl (C=O) groups is 2. The van der Waals surface area contributed by atoms with Gasteiger partial charge in [0.25, 0.3) is 5.91 Å². The minimum absolute atomic E-state index is 0.0547. The number of amides is 1. The number of ether oxygens (including phenoxy) is 2. The molecule has 1 amide bonds. The predicted molar refractivity (Wildman–Crippen MR) is 80.1 cm³/mol. The number of hydrogen-bond donors (Lipinski definition) is 2. The predicted octanol–water partition coefficient (Wildman–Crippen LogP) is 2.08.